The minimum atomic E-state index is -4.80. The summed E-state index contributed by atoms with van der Waals surface area (Å²) in [5.41, 5.74) is 5.75. The van der Waals surface area contributed by atoms with E-state index >= 15 is 0 Å². The molecule has 36 heteroatoms. The number of hydrogen-bond donors (Lipinski definition) is 9. The number of nitrogens with two attached hydrogens (primary N) is 1. The van der Waals surface area contributed by atoms with E-state index in [1.165, 1.54) is 36.1 Å². The van der Waals surface area contributed by atoms with Gasteiger partial charge in [0, 0.05) is 39.2 Å². The molecule has 0 unspecified atom stereocenters. The third-order valence-corrected chi connectivity index (χ3v) is 13.0. The highest BCUT2D eigenvalue weighted by molar-refractivity contribution is 7.82. The number of halogens is 6. The van der Waals surface area contributed by atoms with E-state index in [1.54, 1.807) is 0 Å². The van der Waals surface area contributed by atoms with Crippen molar-refractivity contribution in [3.8, 4) is 11.5 Å². The fraction of sp³-hybridized carbons (Fsp3) is 0.500. The van der Waals surface area contributed by atoms with Gasteiger partial charge in [0.05, 0.1) is 6.54 Å². The molecule has 1 aliphatic heterocycles. The summed E-state index contributed by atoms with van der Waals surface area (Å²) in [5.74, 6) is -11.2. The van der Waals surface area contributed by atoms with Crippen LogP contribution in [0.1, 0.15) is 63.5 Å². The van der Waals surface area contributed by atoms with E-state index in [0.29, 0.717) is 12.8 Å². The van der Waals surface area contributed by atoms with Gasteiger partial charge in [0.25, 0.3) is 0 Å². The predicted octanol–water partition coefficient (Wildman–Crippen LogP) is 0.279. The smallest absolute Gasteiger partial charge is 0.449 e. The standard InChI is InChI=1S/C44H54Cl6N8O20S2/c1-23(42(70)58-17-3-4-33(58)37(51)65)53-34(60)20-52-38(66)31(18-25-5-9-27(10-6-25)77-79(71,72)75-21-43(45,46)47)56-40(68)30(14-16-36(63)64)55-41(69)32(57-39(67)29(54-24(2)59)13-15-35(61)62)19-26-7-11-28(12-8-26)78-80(73,74)76-22-44(48,49)50/h5-12,23,29-33H,3-4,13-22H2,1-2H3,(H2,51,65)(H,52,66)(H,53,60)(H,54,59)(H,55,69)(H,56,68)(H,57,67)(H,61,62)(H,63,64)/t23-,29-,30-,31-,32-,33-/m0/s1. The third-order valence-electron chi connectivity index (χ3n) is 10.8. The third kappa shape index (κ3) is 25.8. The van der Waals surface area contributed by atoms with Gasteiger partial charge in [-0.3, -0.25) is 47.9 Å². The quantitative estimate of drug-likeness (QED) is 0.0458. The fourth-order valence-corrected chi connectivity index (χ4v) is 9.32. The first kappa shape index (κ1) is 68.6. The lowest BCUT2D eigenvalue weighted by Gasteiger charge is -2.27. The zero-order valence-corrected chi connectivity index (χ0v) is 48.1. The van der Waals surface area contributed by atoms with Crippen molar-refractivity contribution in [1.29, 1.82) is 0 Å². The molecular formula is C44H54Cl6N8O20S2. The molecule has 0 aromatic heterocycles. The maximum absolute atomic E-state index is 14.3. The molecule has 1 fully saturated rings. The normalized spacial score (nSPS) is 15.6. The number of nitrogens with one attached hydrogen (secondary N) is 6. The zero-order valence-electron chi connectivity index (χ0n) is 41.9. The molecule has 0 spiro atoms. The van der Waals surface area contributed by atoms with Gasteiger partial charge in [-0.1, -0.05) is 93.9 Å². The van der Waals surface area contributed by atoms with Crippen LogP contribution >= 0.6 is 69.6 Å². The molecule has 2 aromatic carbocycles. The van der Waals surface area contributed by atoms with Crippen molar-refractivity contribution in [3.63, 3.8) is 0 Å². The average Bonchev–Trinajstić information content (AvgIpc) is 3.85. The molecule has 3 rings (SSSR count). The maximum Gasteiger partial charge on any atom is 0.449 e. The Hall–Kier alpha value is -5.70. The number of likely N-dealkylation sites (tertiary alicyclic amines) is 1. The Bertz CT molecular complexity index is 2810. The highest BCUT2D eigenvalue weighted by Crippen LogP contribution is 2.29. The first-order valence-corrected chi connectivity index (χ1v) is 28.2. The number of carboxylic acids is 2. The number of carbonyl (C=O) groups is 10. The van der Waals surface area contributed by atoms with Crippen molar-refractivity contribution in [2.75, 3.05) is 26.3 Å². The minimum absolute atomic E-state index is 0.153. The lowest BCUT2D eigenvalue weighted by molar-refractivity contribution is -0.140. The van der Waals surface area contributed by atoms with E-state index in [1.807, 2.05) is 0 Å². The number of carbonyl (C=O) groups excluding carboxylic acids is 8. The molecule has 28 nitrogen and oxygen atoms in total. The number of carboxylic acid groups (broad SMARTS) is 2. The van der Waals surface area contributed by atoms with Crippen molar-refractivity contribution in [3.05, 3.63) is 59.7 Å². The van der Waals surface area contributed by atoms with Gasteiger partial charge < -0.3 is 61.1 Å². The molecule has 0 bridgehead atoms. The second-order valence-electron chi connectivity index (χ2n) is 17.3. The molecule has 8 amide bonds. The molecule has 1 aliphatic rings. The van der Waals surface area contributed by atoms with Gasteiger partial charge in [0.2, 0.25) is 54.8 Å². The van der Waals surface area contributed by atoms with Crippen molar-refractivity contribution >= 4 is 150 Å². The zero-order chi connectivity index (χ0) is 60.3. The Morgan fingerprint density at radius 2 is 1.04 bits per heavy atom. The van der Waals surface area contributed by atoms with Crippen LogP contribution in [-0.2, 0) is 90.0 Å². The van der Waals surface area contributed by atoms with Crippen LogP contribution in [0.3, 0.4) is 0 Å². The van der Waals surface area contributed by atoms with E-state index in [2.05, 4.69) is 40.3 Å². The summed E-state index contributed by atoms with van der Waals surface area (Å²) in [4.78, 5) is 131. The van der Waals surface area contributed by atoms with Gasteiger partial charge in [-0.2, -0.15) is 16.8 Å². The molecule has 1 heterocycles. The molecule has 0 radical (unpaired) electrons. The summed E-state index contributed by atoms with van der Waals surface area (Å²) in [6, 6.07) is 0.320. The number of amides is 8. The number of nitrogens with zero attached hydrogens (tertiary/aromatic N) is 1. The monoisotopic (exact) mass is 1290 g/mol. The lowest BCUT2D eigenvalue weighted by atomic mass is 10.0. The molecule has 0 saturated carbocycles. The van der Waals surface area contributed by atoms with Crippen molar-refractivity contribution in [2.24, 2.45) is 5.73 Å². The lowest BCUT2D eigenvalue weighted by Crippen LogP contribution is -2.59. The van der Waals surface area contributed by atoms with Gasteiger partial charge in [-0.15, -0.1) is 0 Å². The molecular weight excluding hydrogens is 1240 g/mol. The van der Waals surface area contributed by atoms with E-state index in [9.17, 15) is 75.0 Å². The number of alkyl halides is 6. The molecule has 444 valence electrons. The Labute approximate surface area is 487 Å². The largest absolute Gasteiger partial charge is 0.481 e. The summed E-state index contributed by atoms with van der Waals surface area (Å²) < 4.78 is 63.8. The van der Waals surface area contributed by atoms with Crippen molar-refractivity contribution in [1.82, 2.24) is 36.8 Å². The van der Waals surface area contributed by atoms with E-state index < -0.39 is 182 Å². The SMILES string of the molecule is CC(=O)N[C@@H](CCC(=O)O)C(=O)N[C@@H](Cc1ccc(OS(=O)(=O)OCC(Cl)(Cl)Cl)cc1)C(=O)N[C@@H](CCC(=O)O)C(=O)N[C@@H](Cc1ccc(OS(=O)(=O)OCC(Cl)(Cl)Cl)cc1)C(=O)NCC(=O)N[C@@H](C)C(=O)N1CCC[C@H]1C(N)=O. The number of hydrogen-bond acceptors (Lipinski definition) is 18. The van der Waals surface area contributed by atoms with Gasteiger partial charge in [-0.25, -0.2) is 8.37 Å². The van der Waals surface area contributed by atoms with Crippen molar-refractivity contribution in [2.45, 2.75) is 109 Å². The molecule has 80 heavy (non-hydrogen) atoms. The fourth-order valence-electron chi connectivity index (χ4n) is 7.17. The van der Waals surface area contributed by atoms with Crippen LogP contribution in [-0.4, -0.2) is 161 Å². The van der Waals surface area contributed by atoms with Gasteiger partial charge in [0.15, 0.2) is 0 Å². The Balaban J connectivity index is 1.98. The molecule has 6 atom stereocenters. The van der Waals surface area contributed by atoms with Crippen LogP contribution in [0.15, 0.2) is 48.5 Å². The van der Waals surface area contributed by atoms with Crippen LogP contribution in [0.4, 0.5) is 0 Å². The van der Waals surface area contributed by atoms with Gasteiger partial charge in [-0.05, 0) is 68.0 Å². The van der Waals surface area contributed by atoms with E-state index in [-0.39, 0.29) is 29.2 Å². The van der Waals surface area contributed by atoms with Crippen LogP contribution in [0, 0.1) is 0 Å². The predicted molar refractivity (Wildman–Crippen MR) is 284 cm³/mol. The highest BCUT2D eigenvalue weighted by atomic mass is 35.6. The van der Waals surface area contributed by atoms with Gasteiger partial charge in [0.1, 0.15) is 61.0 Å². The second kappa shape index (κ2) is 30.9. The molecule has 10 N–H and O–H groups in total. The maximum atomic E-state index is 14.3. The topological polar surface area (TPSA) is 418 Å². The van der Waals surface area contributed by atoms with Crippen LogP contribution < -0.4 is 46.0 Å². The summed E-state index contributed by atoms with van der Waals surface area (Å²) in [6.45, 7) is -0.131. The highest BCUT2D eigenvalue weighted by Gasteiger charge is 2.37. The van der Waals surface area contributed by atoms with E-state index in [0.717, 1.165) is 31.2 Å². The Kier molecular flexibility index (Phi) is 26.5. The average molecular weight is 1290 g/mol. The van der Waals surface area contributed by atoms with Gasteiger partial charge >= 0.3 is 32.7 Å². The number of primary amides is 1. The summed E-state index contributed by atoms with van der Waals surface area (Å²) >= 11 is 33.3. The molecule has 0 aliphatic carbocycles. The Morgan fingerprint density at radius 1 is 0.637 bits per heavy atom. The molecule has 2 aromatic rings. The first-order valence-electron chi connectivity index (χ1n) is 23.3. The van der Waals surface area contributed by atoms with Crippen LogP contribution in [0.25, 0.3) is 0 Å². The van der Waals surface area contributed by atoms with Crippen LogP contribution in [0.5, 0.6) is 11.5 Å². The van der Waals surface area contributed by atoms with E-state index in [4.69, 9.17) is 83.7 Å². The number of rotatable bonds is 31. The first-order chi connectivity index (χ1) is 37.0. The second-order valence-corrected chi connectivity index (χ2v) is 24.8. The summed E-state index contributed by atoms with van der Waals surface area (Å²) in [6.07, 6.45) is -2.79. The number of benzene rings is 2. The summed E-state index contributed by atoms with van der Waals surface area (Å²) in [7, 11) is -9.60. The summed E-state index contributed by atoms with van der Waals surface area (Å²) in [5, 5.41) is 33.0. The Morgan fingerprint density at radius 3 is 1.44 bits per heavy atom. The minimum Gasteiger partial charge on any atom is -0.481 e. The number of aliphatic carboxylic acids is 2. The van der Waals surface area contributed by atoms with Crippen LogP contribution in [0.2, 0.25) is 0 Å². The van der Waals surface area contributed by atoms with Crippen molar-refractivity contribution < 1.29 is 91.7 Å². The molecule has 1 saturated heterocycles.